The summed E-state index contributed by atoms with van der Waals surface area (Å²) >= 11 is 0. The number of H-pyrrole nitrogens is 1. The molecule has 1 heterocycles. The summed E-state index contributed by atoms with van der Waals surface area (Å²) in [5, 5.41) is 12.5. The van der Waals surface area contributed by atoms with Crippen LogP contribution in [0, 0.1) is 10.1 Å². The molecule has 0 amide bonds. The van der Waals surface area contributed by atoms with Crippen molar-refractivity contribution in [1.29, 1.82) is 0 Å². The maximum absolute atomic E-state index is 11.5. The summed E-state index contributed by atoms with van der Waals surface area (Å²) < 4.78 is 0. The van der Waals surface area contributed by atoms with Crippen LogP contribution in [0.4, 0.5) is 0 Å². The number of fused-ring (bicyclic) bond motifs is 1. The van der Waals surface area contributed by atoms with E-state index in [-0.39, 0.29) is 17.4 Å². The van der Waals surface area contributed by atoms with E-state index in [1.54, 1.807) is 0 Å². The van der Waals surface area contributed by atoms with Crippen molar-refractivity contribution >= 4 is 10.9 Å². The third-order valence-electron chi connectivity index (χ3n) is 4.69. The van der Waals surface area contributed by atoms with Gasteiger partial charge in [-0.3, -0.25) is 10.1 Å². The average molecular weight is 342 g/mol. The van der Waals surface area contributed by atoms with E-state index in [1.807, 2.05) is 84.9 Å². The Hall–Kier alpha value is -3.40. The third kappa shape index (κ3) is 2.97. The molecule has 1 atom stereocenters. The summed E-state index contributed by atoms with van der Waals surface area (Å²) in [6.45, 7) is -0.147. The van der Waals surface area contributed by atoms with Crippen molar-refractivity contribution in [3.63, 3.8) is 0 Å². The summed E-state index contributed by atoms with van der Waals surface area (Å²) in [4.78, 5) is 14.7. The standard InChI is InChI=1S/C22H18N2O2/c25-24(26)15-19(16-9-3-1-4-10-16)21-18-13-7-8-14-20(18)23-22(21)17-11-5-2-6-12-17/h1-14,19,23H,15H2/t19-/m0/s1. The van der Waals surface area contributed by atoms with Gasteiger partial charge in [0, 0.05) is 15.8 Å². The fraction of sp³-hybridized carbons (Fsp3) is 0.0909. The summed E-state index contributed by atoms with van der Waals surface area (Å²) in [6, 6.07) is 27.7. The van der Waals surface area contributed by atoms with E-state index in [0.29, 0.717) is 0 Å². The molecule has 0 aliphatic rings. The second-order valence-corrected chi connectivity index (χ2v) is 6.30. The molecule has 4 rings (SSSR count). The minimum absolute atomic E-state index is 0.147. The molecule has 4 heteroatoms. The van der Waals surface area contributed by atoms with Crippen LogP contribution in [0.15, 0.2) is 84.9 Å². The van der Waals surface area contributed by atoms with Crippen LogP contribution in [0.2, 0.25) is 0 Å². The molecule has 4 aromatic rings. The van der Waals surface area contributed by atoms with Gasteiger partial charge < -0.3 is 4.98 Å². The predicted molar refractivity (Wildman–Crippen MR) is 104 cm³/mol. The van der Waals surface area contributed by atoms with Gasteiger partial charge in [-0.1, -0.05) is 78.9 Å². The van der Waals surface area contributed by atoms with Gasteiger partial charge in [-0.05, 0) is 22.8 Å². The van der Waals surface area contributed by atoms with Crippen LogP contribution in [-0.4, -0.2) is 16.5 Å². The molecule has 3 aromatic carbocycles. The van der Waals surface area contributed by atoms with Crippen molar-refractivity contribution < 1.29 is 4.92 Å². The molecular formula is C22H18N2O2. The first-order chi connectivity index (χ1) is 12.7. The first-order valence-corrected chi connectivity index (χ1v) is 8.57. The van der Waals surface area contributed by atoms with Gasteiger partial charge in [0.15, 0.2) is 0 Å². The number of rotatable bonds is 5. The first kappa shape index (κ1) is 16.1. The number of nitrogens with one attached hydrogen (secondary N) is 1. The molecule has 0 spiro atoms. The maximum atomic E-state index is 11.5. The van der Waals surface area contributed by atoms with Gasteiger partial charge in [0.1, 0.15) is 0 Å². The predicted octanol–water partition coefficient (Wildman–Crippen LogP) is 5.24. The summed E-state index contributed by atoms with van der Waals surface area (Å²) in [7, 11) is 0. The molecule has 26 heavy (non-hydrogen) atoms. The van der Waals surface area contributed by atoms with Gasteiger partial charge in [-0.25, -0.2) is 0 Å². The molecule has 0 radical (unpaired) electrons. The SMILES string of the molecule is O=[N+]([O-])C[C@@H](c1ccccc1)c1c(-c2ccccc2)[nH]c2ccccc12. The smallest absolute Gasteiger partial charge is 0.214 e. The Balaban J connectivity index is 1.99. The van der Waals surface area contributed by atoms with Crippen LogP contribution in [0.5, 0.6) is 0 Å². The van der Waals surface area contributed by atoms with Crippen molar-refractivity contribution in [2.24, 2.45) is 0 Å². The second-order valence-electron chi connectivity index (χ2n) is 6.30. The number of nitro groups is 1. The highest BCUT2D eigenvalue weighted by atomic mass is 16.6. The van der Waals surface area contributed by atoms with E-state index in [9.17, 15) is 10.1 Å². The van der Waals surface area contributed by atoms with E-state index in [0.717, 1.165) is 33.3 Å². The minimum atomic E-state index is -0.322. The topological polar surface area (TPSA) is 58.9 Å². The zero-order chi connectivity index (χ0) is 17.9. The monoisotopic (exact) mass is 342 g/mol. The number of benzene rings is 3. The zero-order valence-electron chi connectivity index (χ0n) is 14.1. The molecule has 128 valence electrons. The van der Waals surface area contributed by atoms with Crippen molar-refractivity contribution in [3.8, 4) is 11.3 Å². The highest BCUT2D eigenvalue weighted by Crippen LogP contribution is 2.38. The van der Waals surface area contributed by atoms with Crippen molar-refractivity contribution in [3.05, 3.63) is 106 Å². The number of hydrogen-bond acceptors (Lipinski definition) is 2. The highest BCUT2D eigenvalue weighted by Gasteiger charge is 2.27. The lowest BCUT2D eigenvalue weighted by molar-refractivity contribution is -0.481. The molecule has 0 fully saturated rings. The fourth-order valence-electron chi connectivity index (χ4n) is 3.56. The number of hydrogen-bond donors (Lipinski definition) is 1. The van der Waals surface area contributed by atoms with Crippen LogP contribution in [-0.2, 0) is 0 Å². The number of nitrogens with zero attached hydrogens (tertiary/aromatic N) is 1. The van der Waals surface area contributed by atoms with Crippen LogP contribution in [0.3, 0.4) is 0 Å². The first-order valence-electron chi connectivity index (χ1n) is 8.57. The Bertz CT molecular complexity index is 1040. The quantitative estimate of drug-likeness (QED) is 0.398. The van der Waals surface area contributed by atoms with E-state index in [4.69, 9.17) is 0 Å². The van der Waals surface area contributed by atoms with Gasteiger partial charge in [-0.15, -0.1) is 0 Å². The summed E-state index contributed by atoms with van der Waals surface area (Å²) in [5.74, 6) is -0.322. The lowest BCUT2D eigenvalue weighted by Gasteiger charge is -2.16. The number of para-hydroxylation sites is 1. The van der Waals surface area contributed by atoms with Gasteiger partial charge in [-0.2, -0.15) is 0 Å². The molecule has 0 saturated carbocycles. The van der Waals surface area contributed by atoms with Crippen molar-refractivity contribution in [2.45, 2.75) is 5.92 Å². The van der Waals surface area contributed by atoms with Crippen LogP contribution in [0.1, 0.15) is 17.0 Å². The highest BCUT2D eigenvalue weighted by molar-refractivity contribution is 5.92. The van der Waals surface area contributed by atoms with Gasteiger partial charge in [0.2, 0.25) is 6.54 Å². The molecule has 0 aliphatic heterocycles. The molecule has 0 unspecified atom stereocenters. The second kappa shape index (κ2) is 6.84. The zero-order valence-corrected chi connectivity index (χ0v) is 14.1. The summed E-state index contributed by atoms with van der Waals surface area (Å²) in [5.41, 5.74) is 4.90. The van der Waals surface area contributed by atoms with E-state index >= 15 is 0 Å². The molecule has 0 aliphatic carbocycles. The van der Waals surface area contributed by atoms with Crippen molar-refractivity contribution in [1.82, 2.24) is 4.98 Å². The van der Waals surface area contributed by atoms with Gasteiger partial charge in [0.25, 0.3) is 0 Å². The number of aromatic nitrogens is 1. The molecular weight excluding hydrogens is 324 g/mol. The van der Waals surface area contributed by atoms with E-state index in [1.165, 1.54) is 0 Å². The maximum Gasteiger partial charge on any atom is 0.214 e. The molecule has 4 nitrogen and oxygen atoms in total. The Labute approximate surface area is 151 Å². The molecule has 0 bridgehead atoms. The normalized spacial score (nSPS) is 12.2. The molecule has 0 saturated heterocycles. The van der Waals surface area contributed by atoms with Crippen LogP contribution >= 0.6 is 0 Å². The van der Waals surface area contributed by atoms with Crippen LogP contribution in [0.25, 0.3) is 22.2 Å². The fourth-order valence-corrected chi connectivity index (χ4v) is 3.56. The minimum Gasteiger partial charge on any atom is -0.354 e. The number of aromatic amines is 1. The van der Waals surface area contributed by atoms with Crippen molar-refractivity contribution in [2.75, 3.05) is 6.54 Å². The molecule has 1 N–H and O–H groups in total. The van der Waals surface area contributed by atoms with E-state index < -0.39 is 0 Å². The van der Waals surface area contributed by atoms with Gasteiger partial charge in [0.05, 0.1) is 11.6 Å². The van der Waals surface area contributed by atoms with Gasteiger partial charge >= 0.3 is 0 Å². The van der Waals surface area contributed by atoms with Crippen LogP contribution < -0.4 is 0 Å². The molecule has 1 aromatic heterocycles. The lowest BCUT2D eigenvalue weighted by atomic mass is 9.87. The van der Waals surface area contributed by atoms with E-state index in [2.05, 4.69) is 4.98 Å². The Kier molecular flexibility index (Phi) is 4.23. The summed E-state index contributed by atoms with van der Waals surface area (Å²) in [6.07, 6.45) is 0. The third-order valence-corrected chi connectivity index (χ3v) is 4.69. The Morgan fingerprint density at radius 3 is 2.15 bits per heavy atom. The average Bonchev–Trinajstić information content (AvgIpc) is 3.07. The Morgan fingerprint density at radius 1 is 0.846 bits per heavy atom. The largest absolute Gasteiger partial charge is 0.354 e. The Morgan fingerprint density at radius 2 is 1.46 bits per heavy atom. The lowest BCUT2D eigenvalue weighted by Crippen LogP contribution is -2.14.